The minimum absolute atomic E-state index is 0.0698. The van der Waals surface area contributed by atoms with Crippen molar-refractivity contribution in [3.8, 4) is 5.75 Å². The number of nitrogens with two attached hydrogens (primary N) is 1. The van der Waals surface area contributed by atoms with Crippen molar-refractivity contribution in [1.29, 1.82) is 0 Å². The van der Waals surface area contributed by atoms with Crippen LogP contribution in [0.15, 0.2) is 24.3 Å². The number of hydrogen-bond donors (Lipinski definition) is 2. The molecule has 5 heteroatoms. The average Bonchev–Trinajstić information content (AvgIpc) is 2.54. The minimum atomic E-state index is -0.436. The van der Waals surface area contributed by atoms with Crippen LogP contribution in [-0.2, 0) is 4.79 Å². The van der Waals surface area contributed by atoms with Gasteiger partial charge in [-0.05, 0) is 42.5 Å². The molecule has 1 saturated heterocycles. The van der Waals surface area contributed by atoms with Crippen molar-refractivity contribution in [3.05, 3.63) is 24.3 Å². The molecule has 128 valence electrons. The predicted octanol–water partition coefficient (Wildman–Crippen LogP) is 2.47. The van der Waals surface area contributed by atoms with E-state index < -0.39 is 6.04 Å². The molecule has 3 N–H and O–H groups in total. The fourth-order valence-corrected chi connectivity index (χ4v) is 2.73. The maximum absolute atomic E-state index is 12.4. The highest BCUT2D eigenvalue weighted by Gasteiger charge is 2.32. The zero-order valence-electron chi connectivity index (χ0n) is 14.6. The highest BCUT2D eigenvalue weighted by atomic mass is 16.5. The standard InChI is InChI=1S/C18H29N3O2/c1-18(2,3)16(19)17(22)21-11-9-14(10-12-21)20-13-5-7-15(23-4)8-6-13/h5-8,14,16,20H,9-12,19H2,1-4H3/t16-/m1/s1. The Bertz CT molecular complexity index is 514. The van der Waals surface area contributed by atoms with Crippen LogP contribution in [0.5, 0.6) is 5.75 Å². The zero-order chi connectivity index (χ0) is 17.0. The molecule has 1 aromatic rings. The Hall–Kier alpha value is -1.75. The average molecular weight is 319 g/mol. The molecule has 1 aromatic carbocycles. The van der Waals surface area contributed by atoms with E-state index in [0.29, 0.717) is 6.04 Å². The molecule has 0 aromatic heterocycles. The van der Waals surface area contributed by atoms with Gasteiger partial charge in [-0.3, -0.25) is 4.79 Å². The third-order valence-electron chi connectivity index (χ3n) is 4.47. The van der Waals surface area contributed by atoms with Crippen LogP contribution >= 0.6 is 0 Å². The van der Waals surface area contributed by atoms with Crippen molar-refractivity contribution in [3.63, 3.8) is 0 Å². The summed E-state index contributed by atoms with van der Waals surface area (Å²) >= 11 is 0. The van der Waals surface area contributed by atoms with Crippen molar-refractivity contribution >= 4 is 11.6 Å². The van der Waals surface area contributed by atoms with Crippen LogP contribution in [0.3, 0.4) is 0 Å². The second-order valence-electron chi connectivity index (χ2n) is 7.32. The largest absolute Gasteiger partial charge is 0.497 e. The first-order valence-electron chi connectivity index (χ1n) is 8.26. The van der Waals surface area contributed by atoms with Gasteiger partial charge in [0.15, 0.2) is 0 Å². The van der Waals surface area contributed by atoms with Gasteiger partial charge in [0.25, 0.3) is 0 Å². The quantitative estimate of drug-likeness (QED) is 0.894. The summed E-state index contributed by atoms with van der Waals surface area (Å²) in [5.41, 5.74) is 6.98. The summed E-state index contributed by atoms with van der Waals surface area (Å²) in [5.74, 6) is 0.924. The number of likely N-dealkylation sites (tertiary alicyclic amines) is 1. The molecule has 1 atom stereocenters. The zero-order valence-corrected chi connectivity index (χ0v) is 14.6. The molecular formula is C18H29N3O2. The number of rotatable bonds is 4. The molecule has 1 amide bonds. The van der Waals surface area contributed by atoms with Crippen molar-refractivity contribution in [1.82, 2.24) is 4.90 Å². The van der Waals surface area contributed by atoms with Gasteiger partial charge < -0.3 is 20.7 Å². The fourth-order valence-electron chi connectivity index (χ4n) is 2.73. The first-order valence-corrected chi connectivity index (χ1v) is 8.26. The van der Waals surface area contributed by atoms with Crippen LogP contribution in [-0.4, -0.2) is 43.1 Å². The molecule has 0 saturated carbocycles. The molecule has 0 unspecified atom stereocenters. The lowest BCUT2D eigenvalue weighted by atomic mass is 9.86. The van der Waals surface area contributed by atoms with Crippen LogP contribution in [0, 0.1) is 5.41 Å². The van der Waals surface area contributed by atoms with E-state index in [2.05, 4.69) is 5.32 Å². The monoisotopic (exact) mass is 319 g/mol. The van der Waals surface area contributed by atoms with Crippen molar-refractivity contribution in [2.24, 2.45) is 11.1 Å². The third-order valence-corrected chi connectivity index (χ3v) is 4.47. The van der Waals surface area contributed by atoms with Crippen molar-refractivity contribution in [2.75, 3.05) is 25.5 Å². The molecule has 2 rings (SSSR count). The van der Waals surface area contributed by atoms with E-state index in [4.69, 9.17) is 10.5 Å². The number of nitrogens with one attached hydrogen (secondary N) is 1. The number of carbonyl (C=O) groups is 1. The Morgan fingerprint density at radius 1 is 1.26 bits per heavy atom. The molecule has 1 aliphatic rings. The number of anilines is 1. The topological polar surface area (TPSA) is 67.6 Å². The fraction of sp³-hybridized carbons (Fsp3) is 0.611. The van der Waals surface area contributed by atoms with E-state index in [0.717, 1.165) is 37.4 Å². The lowest BCUT2D eigenvalue weighted by Gasteiger charge is -2.37. The maximum atomic E-state index is 12.4. The van der Waals surface area contributed by atoms with Crippen LogP contribution in [0.25, 0.3) is 0 Å². The molecule has 1 aliphatic heterocycles. The molecule has 0 spiro atoms. The SMILES string of the molecule is COc1ccc(NC2CCN(C(=O)[C@@H](N)C(C)(C)C)CC2)cc1. The van der Waals surface area contributed by atoms with E-state index >= 15 is 0 Å². The van der Waals surface area contributed by atoms with E-state index in [9.17, 15) is 4.79 Å². The molecule has 5 nitrogen and oxygen atoms in total. The summed E-state index contributed by atoms with van der Waals surface area (Å²) < 4.78 is 5.17. The summed E-state index contributed by atoms with van der Waals surface area (Å²) in [4.78, 5) is 14.4. The van der Waals surface area contributed by atoms with Gasteiger partial charge >= 0.3 is 0 Å². The van der Waals surface area contributed by atoms with E-state index in [-0.39, 0.29) is 11.3 Å². The second-order valence-corrected chi connectivity index (χ2v) is 7.32. The number of methoxy groups -OCH3 is 1. The maximum Gasteiger partial charge on any atom is 0.240 e. The van der Waals surface area contributed by atoms with Crippen molar-refractivity contribution in [2.45, 2.75) is 45.7 Å². The Kier molecular flexibility index (Phi) is 5.52. The number of ether oxygens (including phenoxy) is 1. The number of carbonyl (C=O) groups excluding carboxylic acids is 1. The van der Waals surface area contributed by atoms with Gasteiger partial charge in [-0.2, -0.15) is 0 Å². The van der Waals surface area contributed by atoms with E-state index in [1.165, 1.54) is 0 Å². The number of benzene rings is 1. The molecule has 0 radical (unpaired) electrons. The highest BCUT2D eigenvalue weighted by Crippen LogP contribution is 2.23. The summed E-state index contributed by atoms with van der Waals surface area (Å²) in [6.07, 6.45) is 1.88. The number of nitrogens with zero attached hydrogens (tertiary/aromatic N) is 1. The van der Waals surface area contributed by atoms with Gasteiger partial charge in [0.2, 0.25) is 5.91 Å². The lowest BCUT2D eigenvalue weighted by Crippen LogP contribution is -2.53. The van der Waals surface area contributed by atoms with Crippen LogP contribution in [0.4, 0.5) is 5.69 Å². The van der Waals surface area contributed by atoms with E-state index in [1.807, 2.05) is 49.9 Å². The summed E-state index contributed by atoms with van der Waals surface area (Å²) in [5, 5.41) is 3.53. The summed E-state index contributed by atoms with van der Waals surface area (Å²) in [6, 6.07) is 7.89. The normalized spacial score (nSPS) is 17.7. The van der Waals surface area contributed by atoms with Gasteiger partial charge in [0, 0.05) is 24.8 Å². The molecule has 0 aliphatic carbocycles. The molecular weight excluding hydrogens is 290 g/mol. The van der Waals surface area contributed by atoms with Gasteiger partial charge in [0.1, 0.15) is 5.75 Å². The molecule has 1 heterocycles. The predicted molar refractivity (Wildman–Crippen MR) is 93.6 cm³/mol. The number of piperidine rings is 1. The Morgan fingerprint density at radius 2 is 1.83 bits per heavy atom. The van der Waals surface area contributed by atoms with E-state index in [1.54, 1.807) is 7.11 Å². The van der Waals surface area contributed by atoms with Gasteiger partial charge in [0.05, 0.1) is 13.2 Å². The third kappa shape index (κ3) is 4.61. The number of hydrogen-bond acceptors (Lipinski definition) is 4. The second kappa shape index (κ2) is 7.21. The Balaban J connectivity index is 1.84. The Labute approximate surface area is 139 Å². The van der Waals surface area contributed by atoms with Crippen molar-refractivity contribution < 1.29 is 9.53 Å². The summed E-state index contributed by atoms with van der Waals surface area (Å²) in [6.45, 7) is 7.54. The van der Waals surface area contributed by atoms with Crippen LogP contribution < -0.4 is 15.8 Å². The summed E-state index contributed by atoms with van der Waals surface area (Å²) in [7, 11) is 1.66. The lowest BCUT2D eigenvalue weighted by molar-refractivity contribution is -0.135. The minimum Gasteiger partial charge on any atom is -0.497 e. The molecule has 23 heavy (non-hydrogen) atoms. The highest BCUT2D eigenvalue weighted by molar-refractivity contribution is 5.82. The van der Waals surface area contributed by atoms with Gasteiger partial charge in [-0.15, -0.1) is 0 Å². The number of amides is 1. The molecule has 0 bridgehead atoms. The van der Waals surface area contributed by atoms with Gasteiger partial charge in [-0.25, -0.2) is 0 Å². The Morgan fingerprint density at radius 3 is 2.30 bits per heavy atom. The van der Waals surface area contributed by atoms with Crippen LogP contribution in [0.2, 0.25) is 0 Å². The first kappa shape index (κ1) is 17.6. The first-order chi connectivity index (χ1) is 10.8. The van der Waals surface area contributed by atoms with Crippen LogP contribution in [0.1, 0.15) is 33.6 Å². The smallest absolute Gasteiger partial charge is 0.240 e. The van der Waals surface area contributed by atoms with Gasteiger partial charge in [-0.1, -0.05) is 20.8 Å². The molecule has 1 fully saturated rings.